The summed E-state index contributed by atoms with van der Waals surface area (Å²) in [6.45, 7) is 1.87. The summed E-state index contributed by atoms with van der Waals surface area (Å²) >= 11 is 3.43. The average Bonchev–Trinajstić information content (AvgIpc) is 2.57. The van der Waals surface area contributed by atoms with Gasteiger partial charge in [0.1, 0.15) is 23.2 Å². The molecule has 3 aromatic rings. The number of halogens is 1. The Balaban J connectivity index is 1.78. The zero-order valence-electron chi connectivity index (χ0n) is 13.4. The molecule has 1 heterocycles. The maximum absolute atomic E-state index is 5.17. The first-order chi connectivity index (χ1) is 11.6. The molecule has 2 aromatic carbocycles. The van der Waals surface area contributed by atoms with Gasteiger partial charge in [0.15, 0.2) is 0 Å². The van der Waals surface area contributed by atoms with E-state index in [4.69, 9.17) is 4.74 Å². The van der Waals surface area contributed by atoms with Crippen molar-refractivity contribution in [1.29, 1.82) is 0 Å². The van der Waals surface area contributed by atoms with Gasteiger partial charge in [-0.3, -0.25) is 0 Å². The van der Waals surface area contributed by atoms with Crippen LogP contribution >= 0.6 is 15.9 Å². The van der Waals surface area contributed by atoms with E-state index in [1.807, 2.05) is 61.5 Å². The summed E-state index contributed by atoms with van der Waals surface area (Å²) in [4.78, 5) is 8.85. The zero-order chi connectivity index (χ0) is 16.9. The van der Waals surface area contributed by atoms with Gasteiger partial charge in [-0.2, -0.15) is 0 Å². The van der Waals surface area contributed by atoms with Crippen LogP contribution in [0, 0.1) is 6.92 Å². The lowest BCUT2D eigenvalue weighted by molar-refractivity contribution is 0.415. The van der Waals surface area contributed by atoms with Crippen LogP contribution in [0.5, 0.6) is 5.75 Å². The number of nitrogens with zero attached hydrogens (tertiary/aromatic N) is 2. The Labute approximate surface area is 149 Å². The van der Waals surface area contributed by atoms with Crippen LogP contribution in [0.4, 0.5) is 23.0 Å². The van der Waals surface area contributed by atoms with Crippen LogP contribution in [0.1, 0.15) is 5.82 Å². The first-order valence-corrected chi connectivity index (χ1v) is 8.21. The van der Waals surface area contributed by atoms with Gasteiger partial charge in [0.05, 0.1) is 7.11 Å². The van der Waals surface area contributed by atoms with E-state index < -0.39 is 0 Å². The summed E-state index contributed by atoms with van der Waals surface area (Å²) in [5, 5.41) is 6.56. The molecule has 0 aliphatic carbocycles. The van der Waals surface area contributed by atoms with E-state index in [0.717, 1.165) is 33.2 Å². The van der Waals surface area contributed by atoms with E-state index in [-0.39, 0.29) is 0 Å². The Morgan fingerprint density at radius 1 is 0.833 bits per heavy atom. The first kappa shape index (κ1) is 16.3. The fourth-order valence-corrected chi connectivity index (χ4v) is 2.46. The van der Waals surface area contributed by atoms with E-state index in [0.29, 0.717) is 5.82 Å². The molecule has 122 valence electrons. The van der Waals surface area contributed by atoms with Crippen molar-refractivity contribution in [3.05, 3.63) is 64.9 Å². The maximum Gasteiger partial charge on any atom is 0.136 e. The van der Waals surface area contributed by atoms with Gasteiger partial charge in [-0.1, -0.05) is 15.9 Å². The Morgan fingerprint density at radius 3 is 1.83 bits per heavy atom. The minimum absolute atomic E-state index is 0.688. The van der Waals surface area contributed by atoms with Crippen LogP contribution in [-0.2, 0) is 0 Å². The molecule has 0 spiro atoms. The first-order valence-electron chi connectivity index (χ1n) is 7.42. The molecular weight excluding hydrogens is 368 g/mol. The number of aromatic nitrogens is 2. The largest absolute Gasteiger partial charge is 0.497 e. The number of rotatable bonds is 5. The number of hydrogen-bond donors (Lipinski definition) is 2. The van der Waals surface area contributed by atoms with Gasteiger partial charge in [-0.15, -0.1) is 0 Å². The third-order valence-corrected chi connectivity index (χ3v) is 3.85. The van der Waals surface area contributed by atoms with Crippen LogP contribution in [0.3, 0.4) is 0 Å². The topological polar surface area (TPSA) is 59.1 Å². The molecule has 3 rings (SSSR count). The molecule has 2 N–H and O–H groups in total. The summed E-state index contributed by atoms with van der Waals surface area (Å²) in [5.41, 5.74) is 1.90. The third-order valence-electron chi connectivity index (χ3n) is 3.32. The SMILES string of the molecule is COc1ccc(Nc2cc(Nc3ccc(Br)cc3)nc(C)n2)cc1. The van der Waals surface area contributed by atoms with E-state index >= 15 is 0 Å². The van der Waals surface area contributed by atoms with Crippen molar-refractivity contribution < 1.29 is 4.74 Å². The molecule has 6 heteroatoms. The van der Waals surface area contributed by atoms with Gasteiger partial charge in [0.2, 0.25) is 0 Å². The second kappa shape index (κ2) is 7.31. The molecule has 0 aliphatic heterocycles. The van der Waals surface area contributed by atoms with E-state index in [2.05, 4.69) is 36.5 Å². The molecule has 0 bridgehead atoms. The number of nitrogens with one attached hydrogen (secondary N) is 2. The van der Waals surface area contributed by atoms with Crippen molar-refractivity contribution in [3.63, 3.8) is 0 Å². The number of benzene rings is 2. The van der Waals surface area contributed by atoms with Crippen LogP contribution in [0.25, 0.3) is 0 Å². The molecule has 5 nitrogen and oxygen atoms in total. The number of methoxy groups -OCH3 is 1. The van der Waals surface area contributed by atoms with Crippen molar-refractivity contribution in [1.82, 2.24) is 9.97 Å². The third kappa shape index (κ3) is 4.23. The van der Waals surface area contributed by atoms with Crippen LogP contribution < -0.4 is 15.4 Å². The van der Waals surface area contributed by atoms with Gasteiger partial charge >= 0.3 is 0 Å². The minimum Gasteiger partial charge on any atom is -0.497 e. The lowest BCUT2D eigenvalue weighted by Crippen LogP contribution is -2.01. The Morgan fingerprint density at radius 2 is 1.33 bits per heavy atom. The smallest absolute Gasteiger partial charge is 0.136 e. The number of hydrogen-bond acceptors (Lipinski definition) is 5. The minimum atomic E-state index is 0.688. The van der Waals surface area contributed by atoms with Crippen LogP contribution in [-0.4, -0.2) is 17.1 Å². The molecule has 0 aliphatic rings. The highest BCUT2D eigenvalue weighted by Crippen LogP contribution is 2.22. The lowest BCUT2D eigenvalue weighted by atomic mass is 10.3. The highest BCUT2D eigenvalue weighted by molar-refractivity contribution is 9.10. The average molecular weight is 385 g/mol. The van der Waals surface area contributed by atoms with Crippen molar-refractivity contribution >= 4 is 38.9 Å². The van der Waals surface area contributed by atoms with Gasteiger partial charge in [0.25, 0.3) is 0 Å². The molecule has 0 fully saturated rings. The van der Waals surface area contributed by atoms with Crippen LogP contribution in [0.15, 0.2) is 59.1 Å². The standard InChI is InChI=1S/C18H17BrN4O/c1-12-20-17(22-14-5-3-13(19)4-6-14)11-18(21-12)23-15-7-9-16(24-2)10-8-15/h3-11H,1-2H3,(H2,20,21,22,23). The number of anilines is 4. The molecule has 0 atom stereocenters. The van der Waals surface area contributed by atoms with Gasteiger partial charge in [-0.25, -0.2) is 9.97 Å². The Bertz CT molecular complexity index is 819. The highest BCUT2D eigenvalue weighted by atomic mass is 79.9. The predicted octanol–water partition coefficient (Wildman–Crippen LogP) is 5.04. The molecule has 0 amide bonds. The van der Waals surface area contributed by atoms with Crippen molar-refractivity contribution in [2.24, 2.45) is 0 Å². The molecule has 24 heavy (non-hydrogen) atoms. The maximum atomic E-state index is 5.17. The summed E-state index contributed by atoms with van der Waals surface area (Å²) in [5.74, 6) is 2.97. The van der Waals surface area contributed by atoms with Gasteiger partial charge in [0, 0.05) is 21.9 Å². The number of ether oxygens (including phenoxy) is 1. The molecule has 0 saturated heterocycles. The fraction of sp³-hybridized carbons (Fsp3) is 0.111. The Kier molecular flexibility index (Phi) is 4.96. The summed E-state index contributed by atoms with van der Waals surface area (Å²) in [6, 6.07) is 17.5. The van der Waals surface area contributed by atoms with Crippen LogP contribution in [0.2, 0.25) is 0 Å². The normalized spacial score (nSPS) is 10.3. The van der Waals surface area contributed by atoms with Crippen molar-refractivity contribution in [2.75, 3.05) is 17.7 Å². The zero-order valence-corrected chi connectivity index (χ0v) is 15.0. The second-order valence-corrected chi connectivity index (χ2v) is 6.09. The van der Waals surface area contributed by atoms with E-state index in [1.54, 1.807) is 7.11 Å². The highest BCUT2D eigenvalue weighted by Gasteiger charge is 2.04. The van der Waals surface area contributed by atoms with E-state index in [1.165, 1.54) is 0 Å². The quantitative estimate of drug-likeness (QED) is 0.644. The molecular formula is C18H17BrN4O. The molecule has 0 unspecified atom stereocenters. The lowest BCUT2D eigenvalue weighted by Gasteiger charge is -2.11. The van der Waals surface area contributed by atoms with Gasteiger partial charge < -0.3 is 15.4 Å². The second-order valence-electron chi connectivity index (χ2n) is 5.17. The summed E-state index contributed by atoms with van der Waals surface area (Å²) in [6.07, 6.45) is 0. The molecule has 0 saturated carbocycles. The van der Waals surface area contributed by atoms with Gasteiger partial charge in [-0.05, 0) is 55.5 Å². The predicted molar refractivity (Wildman–Crippen MR) is 100 cm³/mol. The number of aryl methyl sites for hydroxylation is 1. The molecule has 0 radical (unpaired) electrons. The summed E-state index contributed by atoms with van der Waals surface area (Å²) in [7, 11) is 1.65. The van der Waals surface area contributed by atoms with Crippen molar-refractivity contribution in [2.45, 2.75) is 6.92 Å². The molecule has 1 aromatic heterocycles. The van der Waals surface area contributed by atoms with Crippen molar-refractivity contribution in [3.8, 4) is 5.75 Å². The Hall–Kier alpha value is -2.60. The fourth-order valence-electron chi connectivity index (χ4n) is 2.20. The van der Waals surface area contributed by atoms with E-state index in [9.17, 15) is 0 Å². The monoisotopic (exact) mass is 384 g/mol. The summed E-state index contributed by atoms with van der Waals surface area (Å²) < 4.78 is 6.20.